The Morgan fingerprint density at radius 1 is 0.951 bits per heavy atom. The maximum absolute atomic E-state index is 14.1. The van der Waals surface area contributed by atoms with Crippen LogP contribution < -0.4 is 20.3 Å². The van der Waals surface area contributed by atoms with Crippen molar-refractivity contribution in [3.05, 3.63) is 125 Å². The molecule has 1 atom stereocenters. The highest BCUT2D eigenvalue weighted by atomic mass is 32.2. The van der Waals surface area contributed by atoms with Crippen LogP contribution in [0.4, 0.5) is 29.7 Å². The number of nitrogens with zero attached hydrogens (tertiary/aromatic N) is 5. The van der Waals surface area contributed by atoms with Crippen LogP contribution in [0.5, 0.6) is 0 Å². The van der Waals surface area contributed by atoms with Gasteiger partial charge in [0.1, 0.15) is 10.6 Å². The van der Waals surface area contributed by atoms with Gasteiger partial charge in [-0.1, -0.05) is 30.3 Å². The van der Waals surface area contributed by atoms with Gasteiger partial charge >= 0.3 is 5.51 Å². The first-order chi connectivity index (χ1) is 29.0. The zero-order chi connectivity index (χ0) is 43.5. The number of pyridine rings is 1. The molecule has 0 aliphatic carbocycles. The number of thioether (sulfide) groups is 1. The summed E-state index contributed by atoms with van der Waals surface area (Å²) in [6.07, 6.45) is 6.15. The lowest BCUT2D eigenvalue weighted by Gasteiger charge is -2.29. The summed E-state index contributed by atoms with van der Waals surface area (Å²) in [5, 5.41) is 7.53. The molecule has 4 heterocycles. The number of rotatable bonds is 15. The number of imidazole rings is 1. The number of halogens is 3. The third-order valence-electron chi connectivity index (χ3n) is 9.74. The minimum atomic E-state index is -6.08. The Morgan fingerprint density at radius 2 is 1.74 bits per heavy atom. The fraction of sp³-hybridized carbons (Fsp3) is 0.250. The summed E-state index contributed by atoms with van der Waals surface area (Å²) in [5.41, 5.74) is -3.28. The predicted octanol–water partition coefficient (Wildman–Crippen LogP) is 6.54. The van der Waals surface area contributed by atoms with Crippen LogP contribution in [0.3, 0.4) is 0 Å². The number of carbonyl (C=O) groups excluding carboxylic acids is 2. The highest BCUT2D eigenvalue weighted by molar-refractivity contribution is 7.99. The van der Waals surface area contributed by atoms with Gasteiger partial charge in [0, 0.05) is 59.3 Å². The first kappa shape index (κ1) is 43.6. The van der Waals surface area contributed by atoms with E-state index in [4.69, 9.17) is 0 Å². The Labute approximate surface area is 358 Å². The zero-order valence-corrected chi connectivity index (χ0v) is 35.9. The average Bonchev–Trinajstić information content (AvgIpc) is 3.93. The van der Waals surface area contributed by atoms with E-state index in [0.717, 1.165) is 39.5 Å². The van der Waals surface area contributed by atoms with Crippen molar-refractivity contribution in [1.82, 2.24) is 24.0 Å². The second kappa shape index (κ2) is 17.9. The number of amides is 2. The summed E-state index contributed by atoms with van der Waals surface area (Å²) in [6.45, 7) is 1.23. The molecule has 1 aliphatic heterocycles. The molecule has 0 fully saturated rings. The number of sulfone groups is 1. The number of benzene rings is 3. The molecule has 320 valence electrons. The first-order valence-electron chi connectivity index (χ1n) is 18.7. The summed E-state index contributed by atoms with van der Waals surface area (Å²) in [5.74, 6) is -1.18. The highest BCUT2D eigenvalue weighted by Crippen LogP contribution is 2.37. The van der Waals surface area contributed by atoms with E-state index in [1.807, 2.05) is 71.2 Å². The van der Waals surface area contributed by atoms with Crippen LogP contribution in [-0.2, 0) is 32.8 Å². The van der Waals surface area contributed by atoms with Crippen LogP contribution in [0.1, 0.15) is 38.4 Å². The zero-order valence-electron chi connectivity index (χ0n) is 32.6. The van der Waals surface area contributed by atoms with Crippen molar-refractivity contribution in [3.63, 3.8) is 0 Å². The molecule has 1 aliphatic rings. The fourth-order valence-electron chi connectivity index (χ4n) is 6.62. The Bertz CT molecular complexity index is 2800. The summed E-state index contributed by atoms with van der Waals surface area (Å²) in [7, 11) is -7.37. The van der Waals surface area contributed by atoms with E-state index >= 15 is 0 Å². The smallest absolute Gasteiger partial charge is 0.380 e. The second-order valence-electron chi connectivity index (χ2n) is 14.3. The average molecular weight is 913 g/mol. The molecule has 0 unspecified atom stereocenters. The molecular weight excluding hydrogens is 874 g/mol. The van der Waals surface area contributed by atoms with Gasteiger partial charge < -0.3 is 24.8 Å². The summed E-state index contributed by atoms with van der Waals surface area (Å²) in [6, 6.07) is 20.0. The maximum Gasteiger partial charge on any atom is 0.501 e. The molecule has 0 saturated heterocycles. The number of carbonyl (C=O) groups is 2. The third-order valence-corrected chi connectivity index (χ3v) is 14.7. The van der Waals surface area contributed by atoms with Gasteiger partial charge in [0.05, 0.1) is 16.3 Å². The number of alkyl halides is 3. The van der Waals surface area contributed by atoms with Crippen LogP contribution in [0.25, 0.3) is 5.65 Å². The van der Waals surface area contributed by atoms with Crippen LogP contribution in [-0.4, -0.2) is 92.4 Å². The molecule has 0 radical (unpaired) electrons. The number of anilines is 3. The molecule has 14 nitrogen and oxygen atoms in total. The van der Waals surface area contributed by atoms with Crippen molar-refractivity contribution >= 4 is 76.9 Å². The van der Waals surface area contributed by atoms with Gasteiger partial charge in [-0.15, -0.1) is 23.1 Å². The largest absolute Gasteiger partial charge is 0.501 e. The maximum atomic E-state index is 14.1. The lowest BCUT2D eigenvalue weighted by atomic mass is 9.94. The third kappa shape index (κ3) is 9.86. The van der Waals surface area contributed by atoms with Crippen molar-refractivity contribution in [1.29, 1.82) is 0 Å². The normalized spacial score (nSPS) is 13.8. The molecule has 3 aromatic carbocycles. The van der Waals surface area contributed by atoms with Gasteiger partial charge in [0.15, 0.2) is 10.8 Å². The van der Waals surface area contributed by atoms with E-state index in [2.05, 4.69) is 20.6 Å². The minimum absolute atomic E-state index is 0.247. The molecule has 2 amide bonds. The molecule has 0 bridgehead atoms. The number of aromatic nitrogens is 3. The number of sulfonamides is 1. The molecule has 3 aromatic heterocycles. The van der Waals surface area contributed by atoms with E-state index in [1.165, 1.54) is 17.1 Å². The van der Waals surface area contributed by atoms with Gasteiger partial charge in [-0.2, -0.15) is 13.2 Å². The standard InChI is InChI=1S/C40H39F3N8O6S4/c1-49(2)19-16-27(24-58-28-9-4-3-5-10-28)45-32-14-13-29(22-35(32)60(54,55)40(41,42)43)61(56,57)48-38(53)34-25-59-39(47-34)51-20-15-26-8-6-11-30(31(26)23-51)37(52)46-33-12-7-18-50-21-17-44-36(33)50/h3-14,17-18,21-22,25,27,45H,15-16,19-20,23-24H2,1-2H3,(H,46,52)(H,48,53)/t27-/m1/s1. The lowest BCUT2D eigenvalue weighted by Crippen LogP contribution is -2.33. The van der Waals surface area contributed by atoms with Gasteiger partial charge in [0.25, 0.3) is 31.7 Å². The number of fused-ring (bicyclic) bond motifs is 2. The number of hydrogen-bond donors (Lipinski definition) is 3. The van der Waals surface area contributed by atoms with E-state index in [0.29, 0.717) is 59.8 Å². The van der Waals surface area contributed by atoms with Crippen molar-refractivity contribution in [2.45, 2.75) is 45.6 Å². The van der Waals surface area contributed by atoms with Crippen molar-refractivity contribution < 1.29 is 39.6 Å². The molecule has 6 aromatic rings. The molecular formula is C40H39F3N8O6S4. The number of nitrogens with one attached hydrogen (secondary N) is 3. The molecule has 0 spiro atoms. The molecule has 21 heteroatoms. The summed E-state index contributed by atoms with van der Waals surface area (Å²) >= 11 is 2.47. The fourth-order valence-corrected chi connectivity index (χ4v) is 10.5. The Balaban J connectivity index is 1.08. The topological polar surface area (TPSA) is 175 Å². The SMILES string of the molecule is CN(C)CC[C@H](CSc1ccccc1)Nc1ccc(S(=O)(=O)NC(=O)c2csc(N3CCc4cccc(C(=O)Nc5cccn6ccnc56)c4C3)n2)cc1S(=O)(=O)C(F)(F)F. The van der Waals surface area contributed by atoms with Gasteiger partial charge in [-0.25, -0.2) is 31.5 Å². The number of hydrogen-bond acceptors (Lipinski definition) is 13. The van der Waals surface area contributed by atoms with Gasteiger partial charge in [-0.05, 0) is 93.1 Å². The summed E-state index contributed by atoms with van der Waals surface area (Å²) in [4.78, 5) is 38.0. The van der Waals surface area contributed by atoms with E-state index in [1.54, 1.807) is 41.1 Å². The van der Waals surface area contributed by atoms with E-state index in [-0.39, 0.29) is 18.1 Å². The van der Waals surface area contributed by atoms with Crippen LogP contribution >= 0.6 is 23.1 Å². The Hall–Kier alpha value is -5.48. The van der Waals surface area contributed by atoms with Crippen molar-refractivity contribution in [2.75, 3.05) is 48.5 Å². The minimum Gasteiger partial charge on any atom is -0.380 e. The first-order valence-corrected chi connectivity index (χ1v) is 23.5. The monoisotopic (exact) mass is 912 g/mol. The van der Waals surface area contributed by atoms with Crippen molar-refractivity contribution in [3.8, 4) is 0 Å². The second-order valence-corrected chi connectivity index (χ2v) is 19.8. The van der Waals surface area contributed by atoms with Gasteiger partial charge in [-0.3, -0.25) is 9.59 Å². The summed E-state index contributed by atoms with van der Waals surface area (Å²) < 4.78 is 98.7. The molecule has 61 heavy (non-hydrogen) atoms. The highest BCUT2D eigenvalue weighted by Gasteiger charge is 2.48. The molecule has 0 saturated carbocycles. The van der Waals surface area contributed by atoms with Gasteiger partial charge in [0.2, 0.25) is 0 Å². The number of thiazole rings is 1. The lowest BCUT2D eigenvalue weighted by molar-refractivity contribution is -0.0436. The predicted molar refractivity (Wildman–Crippen MR) is 229 cm³/mol. The van der Waals surface area contributed by atoms with Crippen LogP contribution in [0.15, 0.2) is 118 Å². The van der Waals surface area contributed by atoms with Crippen LogP contribution in [0, 0.1) is 0 Å². The van der Waals surface area contributed by atoms with Crippen molar-refractivity contribution in [2.24, 2.45) is 0 Å². The quantitative estimate of drug-likeness (QED) is 0.0951. The Kier molecular flexibility index (Phi) is 12.8. The van der Waals surface area contributed by atoms with Crippen LogP contribution in [0.2, 0.25) is 0 Å². The van der Waals surface area contributed by atoms with E-state index < -0.39 is 52.8 Å². The molecule has 3 N–H and O–H groups in total. The Morgan fingerprint density at radius 3 is 2.49 bits per heavy atom. The van der Waals surface area contributed by atoms with E-state index in [9.17, 15) is 39.6 Å². The molecule has 7 rings (SSSR count).